The summed E-state index contributed by atoms with van der Waals surface area (Å²) in [7, 11) is 0. The molecule has 0 bridgehead atoms. The predicted octanol–water partition coefficient (Wildman–Crippen LogP) is 7.11. The molecule has 0 aliphatic heterocycles. The Balaban J connectivity index is 1.54. The third-order valence-corrected chi connectivity index (χ3v) is 9.90. The zero-order valence-electron chi connectivity index (χ0n) is 26.3. The molecule has 46 heavy (non-hydrogen) atoms. The maximum Gasteiger partial charge on any atom is 0.305 e. The first-order valence-electron chi connectivity index (χ1n) is 16.5. The molecular formula is C40H42O6. The fraction of sp³-hybridized carbons (Fsp3) is 0.350. The summed E-state index contributed by atoms with van der Waals surface area (Å²) in [4.78, 5) is 26.8. The van der Waals surface area contributed by atoms with Crippen LogP contribution in [0, 0.1) is 0 Å². The summed E-state index contributed by atoms with van der Waals surface area (Å²) in [5.41, 5.74) is 7.74. The molecule has 0 radical (unpaired) electrons. The molecule has 0 heterocycles. The van der Waals surface area contributed by atoms with Crippen molar-refractivity contribution in [2.45, 2.75) is 62.2 Å². The first-order chi connectivity index (χ1) is 22.6. The number of ether oxygens (including phenoxy) is 2. The minimum Gasteiger partial charge on any atom is -0.466 e. The Morgan fingerprint density at radius 1 is 0.478 bits per heavy atom. The van der Waals surface area contributed by atoms with Crippen LogP contribution >= 0.6 is 0 Å². The van der Waals surface area contributed by atoms with E-state index in [2.05, 4.69) is 97.1 Å². The number of hydrogen-bond acceptors (Lipinski definition) is 6. The van der Waals surface area contributed by atoms with Crippen LogP contribution in [0.3, 0.4) is 0 Å². The van der Waals surface area contributed by atoms with Gasteiger partial charge in [-0.25, -0.2) is 0 Å². The fourth-order valence-electron chi connectivity index (χ4n) is 8.06. The highest BCUT2D eigenvalue weighted by molar-refractivity contribution is 5.89. The highest BCUT2D eigenvalue weighted by Crippen LogP contribution is 2.68. The molecular weight excluding hydrogens is 576 g/mol. The number of hydrogen-bond donors (Lipinski definition) is 2. The lowest BCUT2D eigenvalue weighted by molar-refractivity contribution is -0.145. The first kappa shape index (κ1) is 31.7. The lowest BCUT2D eigenvalue weighted by Crippen LogP contribution is -2.49. The molecule has 2 aliphatic carbocycles. The van der Waals surface area contributed by atoms with Gasteiger partial charge in [0.2, 0.25) is 0 Å². The second-order valence-electron chi connectivity index (χ2n) is 12.3. The van der Waals surface area contributed by atoms with Crippen molar-refractivity contribution in [1.29, 1.82) is 0 Å². The number of aliphatic hydroxyl groups excluding tert-OH is 2. The van der Waals surface area contributed by atoms with Crippen LogP contribution in [0.5, 0.6) is 0 Å². The number of carbonyl (C=O) groups is 2. The second kappa shape index (κ2) is 14.0. The maximum absolute atomic E-state index is 13.4. The Morgan fingerprint density at radius 3 is 1.09 bits per heavy atom. The van der Waals surface area contributed by atoms with Gasteiger partial charge < -0.3 is 19.7 Å². The first-order valence-corrected chi connectivity index (χ1v) is 16.5. The van der Waals surface area contributed by atoms with Crippen LogP contribution in [0.1, 0.15) is 73.6 Å². The zero-order chi connectivity index (χ0) is 32.0. The van der Waals surface area contributed by atoms with Crippen LogP contribution in [0.2, 0.25) is 0 Å². The van der Waals surface area contributed by atoms with E-state index >= 15 is 0 Å². The van der Waals surface area contributed by atoms with Crippen molar-refractivity contribution in [2.24, 2.45) is 0 Å². The smallest absolute Gasteiger partial charge is 0.305 e. The molecule has 0 aromatic heterocycles. The molecule has 6 rings (SSSR count). The summed E-state index contributed by atoms with van der Waals surface area (Å²) < 4.78 is 11.4. The van der Waals surface area contributed by atoms with Crippen molar-refractivity contribution in [3.8, 4) is 22.3 Å². The molecule has 2 aliphatic rings. The molecule has 0 unspecified atom stereocenters. The third kappa shape index (κ3) is 5.44. The average molecular weight is 619 g/mol. The summed E-state index contributed by atoms with van der Waals surface area (Å²) in [5, 5.41) is 18.4. The summed E-state index contributed by atoms with van der Waals surface area (Å²) >= 11 is 0. The van der Waals surface area contributed by atoms with Gasteiger partial charge >= 0.3 is 11.9 Å². The molecule has 6 heteroatoms. The van der Waals surface area contributed by atoms with Crippen molar-refractivity contribution in [2.75, 3.05) is 26.4 Å². The molecule has 2 N–H and O–H groups in total. The maximum atomic E-state index is 13.4. The van der Waals surface area contributed by atoms with E-state index < -0.39 is 10.8 Å². The van der Waals surface area contributed by atoms with E-state index in [1.54, 1.807) is 0 Å². The van der Waals surface area contributed by atoms with E-state index in [1.165, 1.54) is 0 Å². The monoisotopic (exact) mass is 618 g/mol. The highest BCUT2D eigenvalue weighted by Gasteiger charge is 2.61. The number of rotatable bonds is 15. The Kier molecular flexibility index (Phi) is 9.67. The molecule has 4 aromatic carbocycles. The Hall–Kier alpha value is -4.26. The highest BCUT2D eigenvalue weighted by atomic mass is 16.5. The second-order valence-corrected chi connectivity index (χ2v) is 12.3. The number of carbonyl (C=O) groups excluding carboxylic acids is 2. The van der Waals surface area contributed by atoms with Gasteiger partial charge in [0.15, 0.2) is 0 Å². The summed E-state index contributed by atoms with van der Waals surface area (Å²) in [6.45, 7) is 0.690. The normalized spacial score (nSPS) is 14.6. The van der Waals surface area contributed by atoms with Crippen LogP contribution in [0.15, 0.2) is 97.1 Å². The van der Waals surface area contributed by atoms with Crippen molar-refractivity contribution >= 4 is 11.9 Å². The molecule has 0 saturated heterocycles. The van der Waals surface area contributed by atoms with Gasteiger partial charge in [-0.1, -0.05) is 97.1 Å². The Morgan fingerprint density at radius 2 is 0.783 bits per heavy atom. The van der Waals surface area contributed by atoms with Crippen LogP contribution in [0.4, 0.5) is 0 Å². The van der Waals surface area contributed by atoms with Crippen LogP contribution < -0.4 is 0 Å². The van der Waals surface area contributed by atoms with E-state index in [1.807, 2.05) is 0 Å². The molecule has 0 spiro atoms. The van der Waals surface area contributed by atoms with Crippen molar-refractivity contribution in [3.63, 3.8) is 0 Å². The summed E-state index contributed by atoms with van der Waals surface area (Å²) in [5.74, 6) is -0.533. The minimum absolute atomic E-state index is 0.0689. The van der Waals surface area contributed by atoms with Crippen LogP contribution in [-0.2, 0) is 29.9 Å². The minimum atomic E-state index is -0.704. The van der Waals surface area contributed by atoms with Gasteiger partial charge in [0.1, 0.15) is 0 Å². The lowest BCUT2D eigenvalue weighted by atomic mass is 9.51. The van der Waals surface area contributed by atoms with Gasteiger partial charge in [-0.05, 0) is 83.0 Å². The largest absolute Gasteiger partial charge is 0.466 e. The standard InChI is InChI=1S/C40H42O6/c41-25-9-11-27-45-37(43)21-23-39(33-17-5-1-13-29(33)30-14-2-6-18-34(30)39)40(24-22-38(44)46-28-12-10-26-42)35-19-7-3-15-31(35)32-16-4-8-20-36(32)40/h1-8,13-20,41-42H,9-12,21-28H2. The van der Waals surface area contributed by atoms with Crippen molar-refractivity contribution < 1.29 is 29.3 Å². The number of aliphatic hydroxyl groups is 2. The zero-order valence-corrected chi connectivity index (χ0v) is 26.3. The van der Waals surface area contributed by atoms with E-state index in [-0.39, 0.29) is 51.2 Å². The van der Waals surface area contributed by atoms with E-state index in [4.69, 9.17) is 9.47 Å². The molecule has 0 fully saturated rings. The molecule has 6 nitrogen and oxygen atoms in total. The third-order valence-electron chi connectivity index (χ3n) is 9.90. The summed E-state index contributed by atoms with van der Waals surface area (Å²) in [6, 6.07) is 34.0. The molecule has 0 atom stereocenters. The predicted molar refractivity (Wildman–Crippen MR) is 178 cm³/mol. The lowest BCUT2D eigenvalue weighted by Gasteiger charge is -2.50. The SMILES string of the molecule is O=C(CCC1(C2(CCC(=O)OCCCCO)c3ccccc3-c3ccccc32)c2ccccc2-c2ccccc21)OCCCCO. The molecule has 4 aromatic rings. The topological polar surface area (TPSA) is 93.1 Å². The van der Waals surface area contributed by atoms with Crippen LogP contribution in [-0.4, -0.2) is 48.6 Å². The van der Waals surface area contributed by atoms with Gasteiger partial charge in [0.25, 0.3) is 0 Å². The van der Waals surface area contributed by atoms with Gasteiger partial charge in [-0.3, -0.25) is 9.59 Å². The Bertz CT molecular complexity index is 1470. The number of unbranched alkanes of at least 4 members (excludes halogenated alkanes) is 2. The molecule has 238 valence electrons. The van der Waals surface area contributed by atoms with Gasteiger partial charge in [0, 0.05) is 36.9 Å². The Labute approximate surface area is 271 Å². The fourth-order valence-corrected chi connectivity index (χ4v) is 8.06. The number of benzene rings is 4. The van der Waals surface area contributed by atoms with Gasteiger partial charge in [-0.2, -0.15) is 0 Å². The average Bonchev–Trinajstić information content (AvgIpc) is 3.55. The quantitative estimate of drug-likeness (QED) is 0.109. The number of esters is 2. The van der Waals surface area contributed by atoms with Gasteiger partial charge in [-0.15, -0.1) is 0 Å². The van der Waals surface area contributed by atoms with E-state index in [9.17, 15) is 19.8 Å². The van der Waals surface area contributed by atoms with Crippen LogP contribution in [0.25, 0.3) is 22.3 Å². The van der Waals surface area contributed by atoms with E-state index in [0.29, 0.717) is 38.5 Å². The molecule has 0 saturated carbocycles. The van der Waals surface area contributed by atoms with E-state index in [0.717, 1.165) is 44.5 Å². The summed E-state index contributed by atoms with van der Waals surface area (Å²) in [6.07, 6.45) is 3.75. The van der Waals surface area contributed by atoms with Crippen molar-refractivity contribution in [3.05, 3.63) is 119 Å². The van der Waals surface area contributed by atoms with Gasteiger partial charge in [0.05, 0.1) is 13.2 Å². The number of fused-ring (bicyclic) bond motifs is 6. The molecule has 0 amide bonds. The van der Waals surface area contributed by atoms with Crippen molar-refractivity contribution in [1.82, 2.24) is 0 Å².